The second-order valence-electron chi connectivity index (χ2n) is 6.94. The van der Waals surface area contributed by atoms with E-state index in [0.29, 0.717) is 12.7 Å². The second-order valence-corrected chi connectivity index (χ2v) is 6.94. The van der Waals surface area contributed by atoms with Crippen LogP contribution < -0.4 is 10.1 Å². The highest BCUT2D eigenvalue weighted by Crippen LogP contribution is 2.29. The molecule has 1 unspecified atom stereocenters. The number of hydrogen-bond donors (Lipinski definition) is 1. The summed E-state index contributed by atoms with van der Waals surface area (Å²) in [5, 5.41) is 5.91. The highest BCUT2D eigenvalue weighted by molar-refractivity contribution is 5.87. The van der Waals surface area contributed by atoms with Crippen molar-refractivity contribution in [1.82, 2.24) is 5.32 Å². The van der Waals surface area contributed by atoms with Crippen LogP contribution in [0.25, 0.3) is 10.8 Å². The molecule has 1 N–H and O–H groups in total. The monoisotopic (exact) mass is 365 g/mol. The second kappa shape index (κ2) is 8.51. The van der Waals surface area contributed by atoms with Gasteiger partial charge in [-0.15, -0.1) is 0 Å². The average Bonchev–Trinajstić information content (AvgIpc) is 3.22. The van der Waals surface area contributed by atoms with Crippen LogP contribution in [0.2, 0.25) is 0 Å². The quantitative estimate of drug-likeness (QED) is 0.651. The van der Waals surface area contributed by atoms with Crippen LogP contribution in [0, 0.1) is 5.82 Å². The molecule has 3 nitrogen and oxygen atoms in total. The van der Waals surface area contributed by atoms with E-state index in [1.807, 2.05) is 12.1 Å². The van der Waals surface area contributed by atoms with Gasteiger partial charge in [0.05, 0.1) is 6.10 Å². The van der Waals surface area contributed by atoms with E-state index in [-0.39, 0.29) is 5.82 Å². The molecule has 1 atom stereocenters. The number of benzene rings is 3. The summed E-state index contributed by atoms with van der Waals surface area (Å²) in [5.41, 5.74) is 2.09. The van der Waals surface area contributed by atoms with Gasteiger partial charge in [0, 0.05) is 25.3 Å². The first-order valence-corrected chi connectivity index (χ1v) is 9.50. The van der Waals surface area contributed by atoms with Gasteiger partial charge < -0.3 is 14.8 Å². The Kier molecular flexibility index (Phi) is 5.66. The minimum Gasteiger partial charge on any atom is -0.489 e. The number of halogens is 1. The Hall–Kier alpha value is -2.43. The standard InChI is InChI=1S/C23H24FNO2/c24-19-10-7-17(8-11-19)16-27-23-12-9-18-4-1-2-6-21(18)22(23)15-25-14-20-5-3-13-26-20/h1-2,4,6-12,20,25H,3,5,13-16H2. The Morgan fingerprint density at radius 2 is 1.89 bits per heavy atom. The fraction of sp³-hybridized carbons (Fsp3) is 0.304. The van der Waals surface area contributed by atoms with Crippen molar-refractivity contribution in [1.29, 1.82) is 0 Å². The van der Waals surface area contributed by atoms with E-state index in [2.05, 4.69) is 29.6 Å². The summed E-state index contributed by atoms with van der Waals surface area (Å²) in [6, 6.07) is 18.9. The van der Waals surface area contributed by atoms with Crippen LogP contribution in [0.3, 0.4) is 0 Å². The predicted octanol–water partition coefficient (Wildman–Crippen LogP) is 4.83. The van der Waals surface area contributed by atoms with E-state index in [1.165, 1.54) is 22.9 Å². The maximum Gasteiger partial charge on any atom is 0.124 e. The molecule has 1 fully saturated rings. The van der Waals surface area contributed by atoms with Gasteiger partial charge in [0.15, 0.2) is 0 Å². The zero-order valence-corrected chi connectivity index (χ0v) is 15.3. The lowest BCUT2D eigenvalue weighted by molar-refractivity contribution is 0.110. The lowest BCUT2D eigenvalue weighted by atomic mass is 10.0. The minimum atomic E-state index is -0.233. The fourth-order valence-electron chi connectivity index (χ4n) is 3.54. The normalized spacial score (nSPS) is 16.7. The molecule has 1 aliphatic rings. The number of rotatable bonds is 7. The molecule has 140 valence electrons. The first-order chi connectivity index (χ1) is 13.3. The van der Waals surface area contributed by atoms with Crippen LogP contribution in [0.1, 0.15) is 24.0 Å². The van der Waals surface area contributed by atoms with Gasteiger partial charge in [-0.2, -0.15) is 0 Å². The Labute approximate surface area is 159 Å². The number of ether oxygens (including phenoxy) is 2. The van der Waals surface area contributed by atoms with E-state index in [0.717, 1.165) is 49.4 Å². The highest BCUT2D eigenvalue weighted by atomic mass is 19.1. The molecule has 0 radical (unpaired) electrons. The van der Waals surface area contributed by atoms with Crippen LogP contribution in [0.5, 0.6) is 5.75 Å². The predicted molar refractivity (Wildman–Crippen MR) is 105 cm³/mol. The van der Waals surface area contributed by atoms with Gasteiger partial charge in [0.1, 0.15) is 18.2 Å². The third-order valence-electron chi connectivity index (χ3n) is 5.00. The molecule has 3 aromatic carbocycles. The summed E-state index contributed by atoms with van der Waals surface area (Å²) in [6.45, 7) is 2.85. The van der Waals surface area contributed by atoms with Crippen molar-refractivity contribution in [3.05, 3.63) is 77.6 Å². The number of hydrogen-bond acceptors (Lipinski definition) is 3. The molecule has 1 heterocycles. The molecule has 1 aliphatic heterocycles. The molecule has 0 saturated carbocycles. The van der Waals surface area contributed by atoms with E-state index < -0.39 is 0 Å². The van der Waals surface area contributed by atoms with E-state index >= 15 is 0 Å². The Bertz CT molecular complexity index is 889. The third-order valence-corrected chi connectivity index (χ3v) is 5.00. The molecule has 0 bridgehead atoms. The van der Waals surface area contributed by atoms with Crippen LogP contribution >= 0.6 is 0 Å². The molecular formula is C23H24FNO2. The molecule has 0 aliphatic carbocycles. The van der Waals surface area contributed by atoms with Crippen molar-refractivity contribution in [3.63, 3.8) is 0 Å². The van der Waals surface area contributed by atoms with Gasteiger partial charge in [-0.1, -0.05) is 42.5 Å². The van der Waals surface area contributed by atoms with Crippen molar-refractivity contribution in [2.24, 2.45) is 0 Å². The summed E-state index contributed by atoms with van der Waals surface area (Å²) >= 11 is 0. The number of nitrogens with one attached hydrogen (secondary N) is 1. The van der Waals surface area contributed by atoms with Crippen molar-refractivity contribution in [2.45, 2.75) is 32.1 Å². The maximum atomic E-state index is 13.1. The zero-order chi connectivity index (χ0) is 18.5. The third kappa shape index (κ3) is 4.46. The summed E-state index contributed by atoms with van der Waals surface area (Å²) in [6.07, 6.45) is 2.58. The Morgan fingerprint density at radius 3 is 2.70 bits per heavy atom. The topological polar surface area (TPSA) is 30.5 Å². The molecule has 4 heteroatoms. The first kappa shape index (κ1) is 18.0. The first-order valence-electron chi connectivity index (χ1n) is 9.50. The van der Waals surface area contributed by atoms with E-state index in [4.69, 9.17) is 9.47 Å². The van der Waals surface area contributed by atoms with Gasteiger partial charge in [-0.25, -0.2) is 4.39 Å². The van der Waals surface area contributed by atoms with E-state index in [1.54, 1.807) is 12.1 Å². The van der Waals surface area contributed by atoms with Crippen molar-refractivity contribution >= 4 is 10.8 Å². The molecule has 0 spiro atoms. The van der Waals surface area contributed by atoms with Crippen LogP contribution in [0.4, 0.5) is 4.39 Å². The SMILES string of the molecule is Fc1ccc(COc2ccc3ccccc3c2CNCC2CCCO2)cc1. The average molecular weight is 365 g/mol. The van der Waals surface area contributed by atoms with Gasteiger partial charge in [-0.05, 0) is 47.4 Å². The largest absolute Gasteiger partial charge is 0.489 e. The minimum absolute atomic E-state index is 0.233. The molecule has 27 heavy (non-hydrogen) atoms. The smallest absolute Gasteiger partial charge is 0.124 e. The highest BCUT2D eigenvalue weighted by Gasteiger charge is 2.16. The molecule has 4 rings (SSSR count). The van der Waals surface area contributed by atoms with Gasteiger partial charge in [-0.3, -0.25) is 0 Å². The van der Waals surface area contributed by atoms with Crippen LogP contribution in [-0.2, 0) is 17.9 Å². The van der Waals surface area contributed by atoms with Crippen molar-refractivity contribution in [2.75, 3.05) is 13.2 Å². The zero-order valence-electron chi connectivity index (χ0n) is 15.3. The summed E-state index contributed by atoms with van der Waals surface area (Å²) in [5.74, 6) is 0.626. The number of fused-ring (bicyclic) bond motifs is 1. The van der Waals surface area contributed by atoms with Gasteiger partial charge in [0.2, 0.25) is 0 Å². The van der Waals surface area contributed by atoms with Gasteiger partial charge >= 0.3 is 0 Å². The molecular weight excluding hydrogens is 341 g/mol. The van der Waals surface area contributed by atoms with Crippen molar-refractivity contribution in [3.8, 4) is 5.75 Å². The molecule has 3 aromatic rings. The van der Waals surface area contributed by atoms with E-state index in [9.17, 15) is 4.39 Å². The maximum absolute atomic E-state index is 13.1. The van der Waals surface area contributed by atoms with Crippen LogP contribution in [-0.4, -0.2) is 19.3 Å². The van der Waals surface area contributed by atoms with Crippen LogP contribution in [0.15, 0.2) is 60.7 Å². The van der Waals surface area contributed by atoms with Crippen molar-refractivity contribution < 1.29 is 13.9 Å². The molecule has 0 aromatic heterocycles. The molecule has 0 amide bonds. The molecule has 1 saturated heterocycles. The summed E-state index contributed by atoms with van der Waals surface area (Å²) < 4.78 is 24.9. The lowest BCUT2D eigenvalue weighted by Gasteiger charge is -2.16. The fourth-order valence-corrected chi connectivity index (χ4v) is 3.54. The lowest BCUT2D eigenvalue weighted by Crippen LogP contribution is -2.26. The Balaban J connectivity index is 1.51. The van der Waals surface area contributed by atoms with Gasteiger partial charge in [0.25, 0.3) is 0 Å². The summed E-state index contributed by atoms with van der Waals surface area (Å²) in [7, 11) is 0. The Morgan fingerprint density at radius 1 is 1.04 bits per heavy atom. The summed E-state index contributed by atoms with van der Waals surface area (Å²) in [4.78, 5) is 0.